The van der Waals surface area contributed by atoms with Gasteiger partial charge in [0.1, 0.15) is 5.82 Å². The Morgan fingerprint density at radius 2 is 2.00 bits per heavy atom. The number of rotatable bonds is 5. The molecule has 1 atom stereocenters. The van der Waals surface area contributed by atoms with E-state index in [-0.39, 0.29) is 11.9 Å². The average Bonchev–Trinajstić information content (AvgIpc) is 2.71. The van der Waals surface area contributed by atoms with Gasteiger partial charge in [0, 0.05) is 11.3 Å². The Morgan fingerprint density at radius 3 is 2.55 bits per heavy atom. The molecule has 2 aromatic rings. The van der Waals surface area contributed by atoms with E-state index < -0.39 is 0 Å². The second-order valence-electron chi connectivity index (χ2n) is 5.05. The van der Waals surface area contributed by atoms with Gasteiger partial charge in [0.25, 0.3) is 0 Å². The highest BCUT2D eigenvalue weighted by Crippen LogP contribution is 2.21. The first-order chi connectivity index (χ1) is 9.58. The van der Waals surface area contributed by atoms with Crippen LogP contribution >= 0.6 is 0 Å². The van der Waals surface area contributed by atoms with E-state index in [0.717, 1.165) is 12.1 Å². The van der Waals surface area contributed by atoms with Gasteiger partial charge in [-0.05, 0) is 38.9 Å². The quantitative estimate of drug-likeness (QED) is 0.908. The Morgan fingerprint density at radius 1 is 1.30 bits per heavy atom. The van der Waals surface area contributed by atoms with Gasteiger partial charge in [0.15, 0.2) is 0 Å². The van der Waals surface area contributed by atoms with Crippen molar-refractivity contribution in [2.24, 2.45) is 0 Å². The summed E-state index contributed by atoms with van der Waals surface area (Å²) in [4.78, 5) is 0. The molecule has 0 radical (unpaired) electrons. The van der Waals surface area contributed by atoms with E-state index in [4.69, 9.17) is 0 Å². The van der Waals surface area contributed by atoms with E-state index in [1.54, 1.807) is 6.07 Å². The summed E-state index contributed by atoms with van der Waals surface area (Å²) in [5.41, 5.74) is 4.20. The number of hydrogen-bond donors (Lipinski definition) is 1. The molecule has 1 aromatic heterocycles. The molecule has 0 amide bonds. The Labute approximate surface area is 119 Å². The van der Waals surface area contributed by atoms with E-state index in [2.05, 4.69) is 24.3 Å². The fourth-order valence-electron chi connectivity index (χ4n) is 2.70. The molecule has 1 heterocycles. The van der Waals surface area contributed by atoms with Gasteiger partial charge in [-0.25, -0.2) is 4.39 Å². The molecule has 0 spiro atoms. The monoisotopic (exact) mass is 275 g/mol. The van der Waals surface area contributed by atoms with Crippen molar-refractivity contribution >= 4 is 0 Å². The van der Waals surface area contributed by atoms with Crippen LogP contribution in [0.2, 0.25) is 0 Å². The Hall–Kier alpha value is -1.68. The highest BCUT2D eigenvalue weighted by atomic mass is 19.1. The molecule has 2 rings (SSSR count). The molecule has 1 N–H and O–H groups in total. The molecular formula is C16H22FN3. The van der Waals surface area contributed by atoms with Crippen LogP contribution in [0.4, 0.5) is 4.39 Å². The summed E-state index contributed by atoms with van der Waals surface area (Å²) in [6.45, 7) is 6.87. The van der Waals surface area contributed by atoms with Gasteiger partial charge in [-0.15, -0.1) is 0 Å². The summed E-state index contributed by atoms with van der Waals surface area (Å²) < 4.78 is 15.9. The van der Waals surface area contributed by atoms with Crippen LogP contribution in [0.3, 0.4) is 0 Å². The first-order valence-corrected chi connectivity index (χ1v) is 7.03. The fraction of sp³-hybridized carbons (Fsp3) is 0.438. The number of likely N-dealkylation sites (N-methyl/N-ethyl adjacent to an activating group) is 1. The van der Waals surface area contributed by atoms with Crippen molar-refractivity contribution in [2.75, 3.05) is 7.05 Å². The van der Waals surface area contributed by atoms with Crippen molar-refractivity contribution in [3.8, 4) is 0 Å². The highest BCUT2D eigenvalue weighted by molar-refractivity contribution is 5.25. The number of nitrogens with zero attached hydrogens (tertiary/aromatic N) is 2. The molecule has 0 fully saturated rings. The third-order valence-electron chi connectivity index (χ3n) is 3.87. The van der Waals surface area contributed by atoms with Crippen LogP contribution in [0.1, 0.15) is 35.5 Å². The predicted molar refractivity (Wildman–Crippen MR) is 79.3 cm³/mol. The maximum atomic E-state index is 13.9. The molecule has 108 valence electrons. The lowest BCUT2D eigenvalue weighted by atomic mass is 10.1. The zero-order valence-corrected chi connectivity index (χ0v) is 12.6. The number of benzene rings is 1. The van der Waals surface area contributed by atoms with E-state index in [1.807, 2.05) is 30.8 Å². The smallest absolute Gasteiger partial charge is 0.128 e. The molecule has 0 bridgehead atoms. The van der Waals surface area contributed by atoms with Crippen molar-refractivity contribution in [2.45, 2.75) is 39.8 Å². The van der Waals surface area contributed by atoms with E-state index in [1.165, 1.54) is 17.3 Å². The molecule has 4 heteroatoms. The topological polar surface area (TPSA) is 29.9 Å². The summed E-state index contributed by atoms with van der Waals surface area (Å²) in [7, 11) is 1.85. The predicted octanol–water partition coefficient (Wildman–Crippen LogP) is 3.16. The average molecular weight is 275 g/mol. The lowest BCUT2D eigenvalue weighted by Gasteiger charge is -2.18. The van der Waals surface area contributed by atoms with Gasteiger partial charge in [0.05, 0.1) is 18.3 Å². The summed E-state index contributed by atoms with van der Waals surface area (Å²) in [6, 6.07) is 6.81. The summed E-state index contributed by atoms with van der Waals surface area (Å²) >= 11 is 0. The minimum absolute atomic E-state index is 0.0843. The second-order valence-corrected chi connectivity index (χ2v) is 5.05. The van der Waals surface area contributed by atoms with Crippen molar-refractivity contribution in [3.63, 3.8) is 0 Å². The molecule has 1 aromatic carbocycles. The molecule has 1 unspecified atom stereocenters. The largest absolute Gasteiger partial charge is 0.311 e. The minimum Gasteiger partial charge on any atom is -0.311 e. The molecule has 0 saturated heterocycles. The zero-order chi connectivity index (χ0) is 14.7. The number of hydrogen-bond acceptors (Lipinski definition) is 2. The highest BCUT2D eigenvalue weighted by Gasteiger charge is 2.17. The van der Waals surface area contributed by atoms with Crippen molar-refractivity contribution in [3.05, 3.63) is 52.6 Å². The van der Waals surface area contributed by atoms with Crippen LogP contribution < -0.4 is 5.32 Å². The lowest BCUT2D eigenvalue weighted by Crippen LogP contribution is -2.24. The van der Waals surface area contributed by atoms with E-state index >= 15 is 0 Å². The van der Waals surface area contributed by atoms with Crippen molar-refractivity contribution in [1.29, 1.82) is 0 Å². The molecule has 0 aliphatic carbocycles. The van der Waals surface area contributed by atoms with Crippen LogP contribution in [0.25, 0.3) is 0 Å². The Bertz CT molecular complexity index is 589. The Balaban J connectivity index is 2.30. The Kier molecular flexibility index (Phi) is 4.55. The van der Waals surface area contributed by atoms with Gasteiger partial charge in [-0.2, -0.15) is 5.10 Å². The maximum absolute atomic E-state index is 13.9. The first-order valence-electron chi connectivity index (χ1n) is 7.03. The maximum Gasteiger partial charge on any atom is 0.128 e. The molecule has 20 heavy (non-hydrogen) atoms. The van der Waals surface area contributed by atoms with Crippen LogP contribution in [-0.2, 0) is 13.0 Å². The van der Waals surface area contributed by atoms with Gasteiger partial charge >= 0.3 is 0 Å². The van der Waals surface area contributed by atoms with E-state index in [9.17, 15) is 4.39 Å². The first kappa shape index (κ1) is 14.7. The van der Waals surface area contributed by atoms with Gasteiger partial charge < -0.3 is 5.32 Å². The minimum atomic E-state index is -0.177. The SMILES string of the molecule is CCc1c(C)nn(CC(NC)c2ccccc2F)c1C. The fourth-order valence-corrected chi connectivity index (χ4v) is 2.70. The number of aryl methyl sites for hydroxylation is 1. The van der Waals surface area contributed by atoms with Crippen molar-refractivity contribution < 1.29 is 4.39 Å². The van der Waals surface area contributed by atoms with E-state index in [0.29, 0.717) is 12.1 Å². The standard InChI is InChI=1S/C16H22FN3/c1-5-13-11(2)19-20(12(13)3)10-16(18-4)14-8-6-7-9-15(14)17/h6-9,16,18H,5,10H2,1-4H3. The van der Waals surface area contributed by atoms with Crippen LogP contribution in [0, 0.1) is 19.7 Å². The lowest BCUT2D eigenvalue weighted by molar-refractivity contribution is 0.442. The van der Waals surface area contributed by atoms with Crippen LogP contribution in [-0.4, -0.2) is 16.8 Å². The summed E-state index contributed by atoms with van der Waals surface area (Å²) in [6.07, 6.45) is 0.974. The van der Waals surface area contributed by atoms with Crippen LogP contribution in [0.15, 0.2) is 24.3 Å². The second kappa shape index (κ2) is 6.18. The molecule has 3 nitrogen and oxygen atoms in total. The zero-order valence-electron chi connectivity index (χ0n) is 12.6. The number of halogens is 1. The molecular weight excluding hydrogens is 253 g/mol. The summed E-state index contributed by atoms with van der Waals surface area (Å²) in [5, 5.41) is 7.76. The van der Waals surface area contributed by atoms with Gasteiger partial charge in [-0.3, -0.25) is 4.68 Å². The number of aromatic nitrogens is 2. The third kappa shape index (κ3) is 2.75. The number of nitrogens with one attached hydrogen (secondary N) is 1. The normalized spacial score (nSPS) is 12.7. The van der Waals surface area contributed by atoms with Gasteiger partial charge in [0.2, 0.25) is 0 Å². The molecule has 0 aliphatic heterocycles. The van der Waals surface area contributed by atoms with Crippen molar-refractivity contribution in [1.82, 2.24) is 15.1 Å². The van der Waals surface area contributed by atoms with Gasteiger partial charge in [-0.1, -0.05) is 25.1 Å². The van der Waals surface area contributed by atoms with Crippen LogP contribution in [0.5, 0.6) is 0 Å². The third-order valence-corrected chi connectivity index (χ3v) is 3.87. The summed E-state index contributed by atoms with van der Waals surface area (Å²) in [5.74, 6) is -0.177. The molecule has 0 aliphatic rings. The molecule has 0 saturated carbocycles.